The number of urea groups is 1. The number of sulfone groups is 1. The third-order valence-corrected chi connectivity index (χ3v) is 8.00. The molecular weight excluding hydrogens is 394 g/mol. The van der Waals surface area contributed by atoms with Gasteiger partial charge in [-0.05, 0) is 43.7 Å². The maximum absolute atomic E-state index is 13.3. The van der Waals surface area contributed by atoms with Crippen LogP contribution in [0.2, 0.25) is 0 Å². The molecule has 2 fully saturated rings. The molecule has 0 radical (unpaired) electrons. The van der Waals surface area contributed by atoms with Crippen LogP contribution in [-0.2, 0) is 31.4 Å². The molecule has 1 aliphatic carbocycles. The summed E-state index contributed by atoms with van der Waals surface area (Å²) in [5.41, 5.74) is 0.723. The minimum atomic E-state index is -3.14. The van der Waals surface area contributed by atoms with Crippen molar-refractivity contribution in [2.75, 3.05) is 24.6 Å². The van der Waals surface area contributed by atoms with Crippen molar-refractivity contribution in [3.8, 4) is 0 Å². The first-order valence-corrected chi connectivity index (χ1v) is 11.8. The number of nitrogens with zero attached hydrogens (tertiary/aromatic N) is 2. The molecule has 2 atom stereocenters. The average Bonchev–Trinajstić information content (AvgIpc) is 3.15. The van der Waals surface area contributed by atoms with Gasteiger partial charge in [0, 0.05) is 12.6 Å². The molecule has 9 heteroatoms. The molecule has 29 heavy (non-hydrogen) atoms. The lowest BCUT2D eigenvalue weighted by atomic mass is 9.76. The molecule has 2 aliphatic heterocycles. The van der Waals surface area contributed by atoms with E-state index in [1.165, 1.54) is 4.90 Å². The first-order chi connectivity index (χ1) is 13.8. The van der Waals surface area contributed by atoms with Gasteiger partial charge in [0.05, 0.1) is 11.5 Å². The number of carbonyl (C=O) groups is 3. The van der Waals surface area contributed by atoms with Crippen molar-refractivity contribution in [2.24, 2.45) is 0 Å². The van der Waals surface area contributed by atoms with Gasteiger partial charge in [0.25, 0.3) is 5.91 Å². The first-order valence-electron chi connectivity index (χ1n) is 10.00. The Hall–Kier alpha value is -2.42. The molecule has 0 bridgehead atoms. The van der Waals surface area contributed by atoms with Gasteiger partial charge in [-0.2, -0.15) is 0 Å². The van der Waals surface area contributed by atoms with Crippen LogP contribution in [0.5, 0.6) is 0 Å². The van der Waals surface area contributed by atoms with Crippen molar-refractivity contribution in [3.63, 3.8) is 0 Å². The van der Waals surface area contributed by atoms with Gasteiger partial charge in [0.1, 0.15) is 12.1 Å². The Labute approximate surface area is 170 Å². The highest BCUT2D eigenvalue weighted by Gasteiger charge is 2.54. The van der Waals surface area contributed by atoms with Crippen LogP contribution in [0.25, 0.3) is 0 Å². The molecule has 1 spiro atoms. The molecule has 2 heterocycles. The summed E-state index contributed by atoms with van der Waals surface area (Å²) in [4.78, 5) is 41.3. The van der Waals surface area contributed by atoms with Crippen LogP contribution in [0.15, 0.2) is 24.3 Å². The van der Waals surface area contributed by atoms with Crippen LogP contribution in [0, 0.1) is 0 Å². The van der Waals surface area contributed by atoms with E-state index in [2.05, 4.69) is 5.32 Å². The molecule has 4 amide bonds. The van der Waals surface area contributed by atoms with Crippen molar-refractivity contribution in [2.45, 2.75) is 44.2 Å². The lowest BCUT2D eigenvalue weighted by Crippen LogP contribution is -2.49. The van der Waals surface area contributed by atoms with E-state index < -0.39 is 39.3 Å². The number of imide groups is 1. The van der Waals surface area contributed by atoms with Crippen LogP contribution in [0.3, 0.4) is 0 Å². The summed E-state index contributed by atoms with van der Waals surface area (Å²) in [6.07, 6.45) is 2.50. The molecule has 0 saturated carbocycles. The van der Waals surface area contributed by atoms with Crippen LogP contribution < -0.4 is 5.32 Å². The van der Waals surface area contributed by atoms with Gasteiger partial charge in [-0.15, -0.1) is 0 Å². The molecule has 1 aromatic rings. The third kappa shape index (κ3) is 3.31. The highest BCUT2D eigenvalue weighted by Crippen LogP contribution is 2.39. The topological polar surface area (TPSA) is 104 Å². The number of likely N-dealkylation sites (N-methyl/N-ethyl adjacent to an activating group) is 1. The normalized spacial score (nSPS) is 27.8. The van der Waals surface area contributed by atoms with E-state index in [0.717, 1.165) is 28.9 Å². The SMILES string of the molecule is CCN(C(=O)CN1C(=O)N[C@]2(CCCc3ccccc32)C1=O)[C@H]1CCS(=O)(=O)C1. The maximum Gasteiger partial charge on any atom is 0.325 e. The Morgan fingerprint density at radius 2 is 2.07 bits per heavy atom. The van der Waals surface area contributed by atoms with Gasteiger partial charge >= 0.3 is 6.03 Å². The maximum atomic E-state index is 13.3. The predicted molar refractivity (Wildman–Crippen MR) is 106 cm³/mol. The number of fused-ring (bicyclic) bond motifs is 2. The fraction of sp³-hybridized carbons (Fsp3) is 0.550. The number of rotatable bonds is 4. The number of hydrogen-bond donors (Lipinski definition) is 1. The Kier molecular flexibility index (Phi) is 4.88. The molecule has 4 rings (SSSR count). The largest absolute Gasteiger partial charge is 0.337 e. The Balaban J connectivity index is 1.55. The van der Waals surface area contributed by atoms with Crippen LogP contribution >= 0.6 is 0 Å². The summed E-state index contributed by atoms with van der Waals surface area (Å²) >= 11 is 0. The van der Waals surface area contributed by atoms with Crippen molar-refractivity contribution in [1.82, 2.24) is 15.1 Å². The van der Waals surface area contributed by atoms with Crippen molar-refractivity contribution in [1.29, 1.82) is 0 Å². The van der Waals surface area contributed by atoms with Gasteiger partial charge in [0.15, 0.2) is 9.84 Å². The first kappa shape index (κ1) is 19.9. The zero-order chi connectivity index (χ0) is 20.8. The van der Waals surface area contributed by atoms with Crippen LogP contribution in [0.4, 0.5) is 4.79 Å². The molecule has 156 valence electrons. The van der Waals surface area contributed by atoms with Gasteiger partial charge in [-0.3, -0.25) is 14.5 Å². The standard InChI is InChI=1S/C20H25N3O5S/c1-2-22(15-9-11-29(27,28)13-15)17(24)12-23-18(25)20(21-19(23)26)10-5-7-14-6-3-4-8-16(14)20/h3-4,6,8,15H,2,5,7,9-13H2,1H3,(H,21,26)/t15-,20-/m0/s1. The van der Waals surface area contributed by atoms with Gasteiger partial charge in [-0.1, -0.05) is 24.3 Å². The summed E-state index contributed by atoms with van der Waals surface area (Å²) in [5.74, 6) is -0.813. The number of hydrogen-bond acceptors (Lipinski definition) is 5. The highest BCUT2D eigenvalue weighted by molar-refractivity contribution is 7.91. The van der Waals surface area contributed by atoms with Crippen LogP contribution in [0.1, 0.15) is 37.3 Å². The molecular formula is C20H25N3O5S. The van der Waals surface area contributed by atoms with E-state index in [0.29, 0.717) is 19.4 Å². The van der Waals surface area contributed by atoms with Gasteiger partial charge < -0.3 is 10.2 Å². The van der Waals surface area contributed by atoms with E-state index in [1.807, 2.05) is 24.3 Å². The predicted octanol–water partition coefficient (Wildman–Crippen LogP) is 0.806. The molecule has 1 aromatic carbocycles. The second-order valence-corrected chi connectivity index (χ2v) is 10.2. The molecule has 0 aromatic heterocycles. The van der Waals surface area contributed by atoms with E-state index >= 15 is 0 Å². The smallest absolute Gasteiger partial charge is 0.325 e. The summed E-state index contributed by atoms with van der Waals surface area (Å²) in [5, 5.41) is 2.84. The van der Waals surface area contributed by atoms with Crippen LogP contribution in [-0.4, -0.2) is 66.7 Å². The number of amides is 4. The Morgan fingerprint density at radius 1 is 1.31 bits per heavy atom. The summed E-state index contributed by atoms with van der Waals surface area (Å²) in [7, 11) is -3.14. The molecule has 2 saturated heterocycles. The van der Waals surface area contributed by atoms with E-state index in [-0.39, 0.29) is 18.1 Å². The summed E-state index contributed by atoms with van der Waals surface area (Å²) in [6.45, 7) is 1.73. The zero-order valence-corrected chi connectivity index (χ0v) is 17.2. The monoisotopic (exact) mass is 419 g/mol. The Bertz CT molecular complexity index is 976. The van der Waals surface area contributed by atoms with Crippen molar-refractivity contribution in [3.05, 3.63) is 35.4 Å². The fourth-order valence-corrected chi connectivity index (χ4v) is 6.57. The second kappa shape index (κ2) is 7.12. The number of aryl methyl sites for hydroxylation is 1. The van der Waals surface area contributed by atoms with E-state index in [4.69, 9.17) is 0 Å². The minimum Gasteiger partial charge on any atom is -0.337 e. The number of nitrogens with one attached hydrogen (secondary N) is 1. The molecule has 8 nitrogen and oxygen atoms in total. The highest BCUT2D eigenvalue weighted by atomic mass is 32.2. The average molecular weight is 420 g/mol. The number of benzene rings is 1. The molecule has 0 unspecified atom stereocenters. The van der Waals surface area contributed by atoms with Crippen molar-refractivity contribution < 1.29 is 22.8 Å². The minimum absolute atomic E-state index is 0.0600. The summed E-state index contributed by atoms with van der Waals surface area (Å²) < 4.78 is 23.6. The van der Waals surface area contributed by atoms with E-state index in [9.17, 15) is 22.8 Å². The fourth-order valence-electron chi connectivity index (χ4n) is 4.84. The van der Waals surface area contributed by atoms with Crippen molar-refractivity contribution >= 4 is 27.7 Å². The second-order valence-electron chi connectivity index (χ2n) is 7.97. The number of carbonyl (C=O) groups excluding carboxylic acids is 3. The molecule has 3 aliphatic rings. The van der Waals surface area contributed by atoms with E-state index in [1.54, 1.807) is 6.92 Å². The lowest BCUT2D eigenvalue weighted by Gasteiger charge is -2.33. The van der Waals surface area contributed by atoms with Gasteiger partial charge in [-0.25, -0.2) is 13.2 Å². The Morgan fingerprint density at radius 3 is 2.76 bits per heavy atom. The van der Waals surface area contributed by atoms with Gasteiger partial charge in [0.2, 0.25) is 5.91 Å². The zero-order valence-electron chi connectivity index (χ0n) is 16.4. The third-order valence-electron chi connectivity index (χ3n) is 6.25. The summed E-state index contributed by atoms with van der Waals surface area (Å²) in [6, 6.07) is 6.61. The lowest BCUT2D eigenvalue weighted by molar-refractivity contribution is -0.140. The quantitative estimate of drug-likeness (QED) is 0.728. The molecule has 1 N–H and O–H groups in total.